The van der Waals surface area contributed by atoms with Gasteiger partial charge in [-0.15, -0.1) is 0 Å². The van der Waals surface area contributed by atoms with Gasteiger partial charge in [0.15, 0.2) is 0 Å². The Morgan fingerprint density at radius 1 is 0.352 bits per heavy atom. The minimum Gasteiger partial charge on any atom is -0.322 e. The summed E-state index contributed by atoms with van der Waals surface area (Å²) >= 11 is 0. The van der Waals surface area contributed by atoms with Crippen LogP contribution in [0.25, 0.3) is 0 Å². The van der Waals surface area contributed by atoms with Gasteiger partial charge in [-0.1, -0.05) is 178 Å². The zero-order valence-electron chi connectivity index (χ0n) is 33.6. The Labute approximate surface area is 325 Å². The predicted molar refractivity (Wildman–Crippen MR) is 230 cm³/mol. The van der Waals surface area contributed by atoms with Crippen LogP contribution >= 0.6 is 0 Å². The van der Waals surface area contributed by atoms with Crippen molar-refractivity contribution in [3.05, 3.63) is 211 Å². The molecule has 6 aromatic carbocycles. The van der Waals surface area contributed by atoms with E-state index in [9.17, 15) is 0 Å². The number of rotatable bonds is 12. The first-order chi connectivity index (χ1) is 25.8. The van der Waals surface area contributed by atoms with E-state index in [0.29, 0.717) is 0 Å². The summed E-state index contributed by atoms with van der Waals surface area (Å²) in [6.07, 6.45) is 0. The van der Waals surface area contributed by atoms with Crippen molar-refractivity contribution in [2.75, 3.05) is 0 Å². The summed E-state index contributed by atoms with van der Waals surface area (Å²) in [5.74, 6) is 0. The third-order valence-electron chi connectivity index (χ3n) is 9.92. The van der Waals surface area contributed by atoms with E-state index in [0.717, 1.165) is 24.2 Å². The number of hydrogen-bond donors (Lipinski definition) is 4. The number of hydrogen-bond acceptors (Lipinski definition) is 4. The van der Waals surface area contributed by atoms with Gasteiger partial charge in [-0.3, -0.25) is 0 Å². The molecule has 4 atom stereocenters. The lowest BCUT2D eigenvalue weighted by atomic mass is 9.89. The minimum atomic E-state index is -0.185. The van der Waals surface area contributed by atoms with Gasteiger partial charge in [0.2, 0.25) is 0 Å². The van der Waals surface area contributed by atoms with Crippen molar-refractivity contribution in [1.82, 2.24) is 10.6 Å². The lowest BCUT2D eigenvalue weighted by Crippen LogP contribution is -2.35. The zero-order valence-corrected chi connectivity index (χ0v) is 33.6. The fourth-order valence-electron chi connectivity index (χ4n) is 7.70. The number of aryl methyl sites for hydroxylation is 8. The predicted octanol–water partition coefficient (Wildman–Crippen LogP) is 10.9. The van der Waals surface area contributed by atoms with Crippen molar-refractivity contribution < 1.29 is 0 Å². The van der Waals surface area contributed by atoms with Crippen LogP contribution in [0.5, 0.6) is 0 Å². The molecule has 0 aliphatic heterocycles. The van der Waals surface area contributed by atoms with Gasteiger partial charge in [0.05, 0.1) is 12.1 Å². The van der Waals surface area contributed by atoms with E-state index in [-0.39, 0.29) is 24.2 Å². The van der Waals surface area contributed by atoms with Crippen LogP contribution in [0.2, 0.25) is 0 Å². The van der Waals surface area contributed by atoms with Crippen molar-refractivity contribution in [3.8, 4) is 0 Å². The van der Waals surface area contributed by atoms with Gasteiger partial charge in [0.1, 0.15) is 0 Å². The second-order valence-electron chi connectivity index (χ2n) is 15.4. The van der Waals surface area contributed by atoms with Gasteiger partial charge in [0.25, 0.3) is 0 Å². The summed E-state index contributed by atoms with van der Waals surface area (Å²) in [5, 5.41) is 7.84. The summed E-state index contributed by atoms with van der Waals surface area (Å²) in [4.78, 5) is 0. The molecule has 0 saturated heterocycles. The number of benzene rings is 6. The molecule has 0 amide bonds. The highest BCUT2D eigenvalue weighted by molar-refractivity contribution is 5.38. The van der Waals surface area contributed by atoms with Crippen molar-refractivity contribution >= 4 is 0 Å². The van der Waals surface area contributed by atoms with Gasteiger partial charge in [0, 0.05) is 25.2 Å². The Morgan fingerprint density at radius 2 is 0.593 bits per heavy atom. The van der Waals surface area contributed by atoms with E-state index in [1.165, 1.54) is 66.8 Å². The Balaban J connectivity index is 0.000000239. The van der Waals surface area contributed by atoms with Crippen molar-refractivity contribution in [2.24, 2.45) is 11.5 Å². The molecule has 0 saturated carbocycles. The summed E-state index contributed by atoms with van der Waals surface area (Å²) < 4.78 is 0. The van der Waals surface area contributed by atoms with E-state index in [4.69, 9.17) is 11.5 Å². The fourth-order valence-corrected chi connectivity index (χ4v) is 7.70. The molecule has 6 N–H and O–H groups in total. The van der Waals surface area contributed by atoms with E-state index in [1.54, 1.807) is 0 Å². The maximum atomic E-state index is 6.38. The molecule has 4 nitrogen and oxygen atoms in total. The van der Waals surface area contributed by atoms with Crippen LogP contribution in [-0.2, 0) is 13.1 Å². The first-order valence-corrected chi connectivity index (χ1v) is 19.2. The lowest BCUT2D eigenvalue weighted by Gasteiger charge is -2.31. The lowest BCUT2D eigenvalue weighted by molar-refractivity contribution is 0.380. The van der Waals surface area contributed by atoms with Crippen LogP contribution in [0.15, 0.2) is 133 Å². The topological polar surface area (TPSA) is 76.1 Å². The highest BCUT2D eigenvalue weighted by atomic mass is 15.0. The van der Waals surface area contributed by atoms with Crippen LogP contribution < -0.4 is 22.1 Å². The second-order valence-corrected chi connectivity index (χ2v) is 15.4. The van der Waals surface area contributed by atoms with Gasteiger partial charge >= 0.3 is 0 Å². The minimum absolute atomic E-state index is 0.115. The van der Waals surface area contributed by atoms with E-state index in [2.05, 4.69) is 199 Å². The molecule has 6 aromatic rings. The average molecular weight is 717 g/mol. The van der Waals surface area contributed by atoms with Crippen molar-refractivity contribution in [3.63, 3.8) is 0 Å². The molecule has 280 valence electrons. The number of nitrogens with one attached hydrogen (secondary N) is 2. The monoisotopic (exact) mass is 716 g/mol. The van der Waals surface area contributed by atoms with Crippen LogP contribution in [0.3, 0.4) is 0 Å². The van der Waals surface area contributed by atoms with Gasteiger partial charge in [-0.2, -0.15) is 0 Å². The van der Waals surface area contributed by atoms with Gasteiger partial charge in [-0.25, -0.2) is 0 Å². The van der Waals surface area contributed by atoms with Crippen LogP contribution in [-0.4, -0.2) is 0 Å². The van der Waals surface area contributed by atoms with Crippen molar-refractivity contribution in [1.29, 1.82) is 0 Å². The Bertz CT molecular complexity index is 1870. The smallest absolute Gasteiger partial charge is 0.0521 e. The number of nitrogens with two attached hydrogens (primary N) is 2. The highest BCUT2D eigenvalue weighted by Gasteiger charge is 2.26. The largest absolute Gasteiger partial charge is 0.322 e. The first kappa shape index (κ1) is 40.3. The SMILES string of the molecule is Cc1cc(C)cc(C(N)C(N)c2cc(C)cc(C)c2)c1.Cc1cc(C)cc(C(NCc2ccccc2)C(NCc2ccccc2)c2cc(C)cc(C)c2)c1. The van der Waals surface area contributed by atoms with Gasteiger partial charge < -0.3 is 22.1 Å². The van der Waals surface area contributed by atoms with Crippen LogP contribution in [0.4, 0.5) is 0 Å². The summed E-state index contributed by atoms with van der Waals surface area (Å²) in [7, 11) is 0. The molecule has 0 bridgehead atoms. The summed E-state index contributed by atoms with van der Waals surface area (Å²) in [6, 6.07) is 47.8. The maximum absolute atomic E-state index is 6.38. The molecule has 6 rings (SSSR count). The zero-order chi connectivity index (χ0) is 38.8. The molecule has 0 aliphatic rings. The third kappa shape index (κ3) is 11.6. The van der Waals surface area contributed by atoms with Gasteiger partial charge in [-0.05, 0) is 88.8 Å². The molecule has 0 fully saturated rings. The molecule has 4 heteroatoms. The van der Waals surface area contributed by atoms with Crippen LogP contribution in [0.1, 0.15) is 102 Å². The Morgan fingerprint density at radius 3 is 0.852 bits per heavy atom. The molecule has 0 heterocycles. The summed E-state index contributed by atoms with van der Waals surface area (Å²) in [5.41, 5.74) is 30.3. The fraction of sp³-hybridized carbons (Fsp3) is 0.280. The quantitative estimate of drug-likeness (QED) is 0.102. The molecule has 0 aliphatic carbocycles. The molecule has 4 unspecified atom stereocenters. The third-order valence-corrected chi connectivity index (χ3v) is 9.92. The van der Waals surface area contributed by atoms with E-state index < -0.39 is 0 Å². The molecular formula is C50H60N4. The van der Waals surface area contributed by atoms with E-state index in [1.807, 2.05) is 0 Å². The maximum Gasteiger partial charge on any atom is 0.0521 e. The average Bonchev–Trinajstić information content (AvgIpc) is 3.12. The molecule has 54 heavy (non-hydrogen) atoms. The molecule has 0 spiro atoms. The summed E-state index contributed by atoms with van der Waals surface area (Å²) in [6.45, 7) is 18.7. The first-order valence-electron chi connectivity index (χ1n) is 19.2. The molecule has 0 radical (unpaired) electrons. The second kappa shape index (κ2) is 19.0. The molecule has 0 aromatic heterocycles. The van der Waals surface area contributed by atoms with Crippen LogP contribution in [0, 0.1) is 55.4 Å². The van der Waals surface area contributed by atoms with E-state index >= 15 is 0 Å². The highest BCUT2D eigenvalue weighted by Crippen LogP contribution is 2.33. The van der Waals surface area contributed by atoms with Crippen molar-refractivity contribution in [2.45, 2.75) is 92.6 Å². The normalized spacial score (nSPS) is 13.4. The molecular weight excluding hydrogens is 657 g/mol. The standard InChI is InChI=1S/C32H36N2.C18H24N2/c1-23-15-24(2)18-29(17-23)31(33-21-27-11-7-5-8-12-27)32(30-19-25(3)16-26(4)20-30)34-22-28-13-9-6-10-14-28;1-11-5-12(2)8-15(7-11)17(19)18(20)16-9-13(3)6-14(4)10-16/h5-20,31-34H,21-22H2,1-4H3;5-10,17-18H,19-20H2,1-4H3. The Hall–Kier alpha value is -4.84. The Kier molecular flexibility index (Phi) is 14.2.